The van der Waals surface area contributed by atoms with Gasteiger partial charge < -0.3 is 10.2 Å². The zero-order chi connectivity index (χ0) is 10.6. The van der Waals surface area contributed by atoms with Crippen LogP contribution < -0.4 is 5.32 Å². The number of piperidine rings is 1. The average molecular weight is 196 g/mol. The van der Waals surface area contributed by atoms with Crippen molar-refractivity contribution in [1.82, 2.24) is 10.2 Å². The summed E-state index contributed by atoms with van der Waals surface area (Å²) in [4.78, 5) is 13.7. The number of rotatable bonds is 2. The number of allylic oxidation sites excluding steroid dienone is 1. The molecule has 0 saturated carbocycles. The molecule has 1 amide bonds. The maximum Gasteiger partial charge on any atom is 0.222 e. The number of nitrogens with zero attached hydrogens (tertiary/aromatic N) is 1. The number of hydrogen-bond acceptors (Lipinski definition) is 2. The molecular formula is C11H20N2O. The van der Waals surface area contributed by atoms with E-state index >= 15 is 0 Å². The third kappa shape index (κ3) is 3.05. The summed E-state index contributed by atoms with van der Waals surface area (Å²) in [6, 6.07) is 0. The summed E-state index contributed by atoms with van der Waals surface area (Å²) in [5.41, 5.74) is 1.32. The number of carbonyl (C=O) groups is 1. The van der Waals surface area contributed by atoms with E-state index in [9.17, 15) is 4.79 Å². The predicted octanol–water partition coefficient (Wildman–Crippen LogP) is 1.37. The van der Waals surface area contributed by atoms with Crippen LogP contribution in [0.1, 0.15) is 26.7 Å². The van der Waals surface area contributed by atoms with Crippen LogP contribution in [0.3, 0.4) is 0 Å². The summed E-state index contributed by atoms with van der Waals surface area (Å²) >= 11 is 0. The van der Waals surface area contributed by atoms with Gasteiger partial charge in [0.1, 0.15) is 0 Å². The van der Waals surface area contributed by atoms with Gasteiger partial charge in [-0.2, -0.15) is 0 Å². The van der Waals surface area contributed by atoms with Crippen molar-refractivity contribution < 1.29 is 4.79 Å². The summed E-state index contributed by atoms with van der Waals surface area (Å²) in [5, 5.41) is 2.72. The fraction of sp³-hybridized carbons (Fsp3) is 0.727. The number of hydrogen-bond donors (Lipinski definition) is 1. The highest BCUT2D eigenvalue weighted by atomic mass is 16.1. The summed E-state index contributed by atoms with van der Waals surface area (Å²) in [6.07, 6.45) is 4.13. The van der Waals surface area contributed by atoms with Gasteiger partial charge in [-0.3, -0.25) is 4.79 Å². The first kappa shape index (κ1) is 11.1. The van der Waals surface area contributed by atoms with Gasteiger partial charge >= 0.3 is 0 Å². The average Bonchev–Trinajstić information content (AvgIpc) is 2.17. The molecule has 3 nitrogen and oxygen atoms in total. The Morgan fingerprint density at radius 1 is 1.36 bits per heavy atom. The summed E-state index contributed by atoms with van der Waals surface area (Å²) in [7, 11) is 1.71. The fourth-order valence-corrected chi connectivity index (χ4v) is 1.86. The van der Waals surface area contributed by atoms with Crippen molar-refractivity contribution in [2.75, 3.05) is 20.1 Å². The largest absolute Gasteiger partial charge is 0.377 e. The maximum absolute atomic E-state index is 11.4. The van der Waals surface area contributed by atoms with Crippen molar-refractivity contribution in [2.24, 2.45) is 5.92 Å². The topological polar surface area (TPSA) is 32.3 Å². The van der Waals surface area contributed by atoms with Crippen molar-refractivity contribution in [3.63, 3.8) is 0 Å². The van der Waals surface area contributed by atoms with Crippen LogP contribution in [-0.4, -0.2) is 30.9 Å². The molecule has 80 valence electrons. The monoisotopic (exact) mass is 196 g/mol. The lowest BCUT2D eigenvalue weighted by Crippen LogP contribution is -2.37. The molecule has 1 rings (SSSR count). The van der Waals surface area contributed by atoms with E-state index in [1.54, 1.807) is 7.05 Å². The molecule has 0 unspecified atom stereocenters. The highest BCUT2D eigenvalue weighted by Crippen LogP contribution is 2.17. The third-order valence-electron chi connectivity index (χ3n) is 2.59. The zero-order valence-corrected chi connectivity index (χ0v) is 9.34. The second-order valence-corrected chi connectivity index (χ2v) is 4.13. The fourth-order valence-electron chi connectivity index (χ4n) is 1.86. The predicted molar refractivity (Wildman–Crippen MR) is 57.8 cm³/mol. The molecule has 0 bridgehead atoms. The van der Waals surface area contributed by atoms with Gasteiger partial charge in [0.15, 0.2) is 0 Å². The van der Waals surface area contributed by atoms with Gasteiger partial charge in [0, 0.05) is 26.1 Å². The van der Waals surface area contributed by atoms with Crippen molar-refractivity contribution in [1.29, 1.82) is 0 Å². The van der Waals surface area contributed by atoms with Gasteiger partial charge in [-0.05, 0) is 32.9 Å². The third-order valence-corrected chi connectivity index (χ3v) is 2.59. The molecule has 1 N–H and O–H groups in total. The first-order chi connectivity index (χ1) is 6.63. The molecule has 14 heavy (non-hydrogen) atoms. The first-order valence-electron chi connectivity index (χ1n) is 5.24. The smallest absolute Gasteiger partial charge is 0.222 e. The Balaban J connectivity index is 2.38. The minimum absolute atomic E-state index is 0.196. The van der Waals surface area contributed by atoms with Gasteiger partial charge in [0.25, 0.3) is 0 Å². The Labute approximate surface area is 86.2 Å². The second kappa shape index (κ2) is 5.03. The van der Waals surface area contributed by atoms with E-state index in [1.807, 2.05) is 0 Å². The van der Waals surface area contributed by atoms with Crippen LogP contribution in [0.4, 0.5) is 0 Å². The lowest BCUT2D eigenvalue weighted by molar-refractivity contribution is -0.125. The highest BCUT2D eigenvalue weighted by Gasteiger charge is 2.22. The van der Waals surface area contributed by atoms with Crippen LogP contribution in [0.25, 0.3) is 0 Å². The molecule has 1 aliphatic heterocycles. The van der Waals surface area contributed by atoms with Crippen LogP contribution in [0, 0.1) is 5.92 Å². The second-order valence-electron chi connectivity index (χ2n) is 4.13. The minimum Gasteiger partial charge on any atom is -0.377 e. The van der Waals surface area contributed by atoms with Gasteiger partial charge in [-0.15, -0.1) is 0 Å². The molecule has 3 heteroatoms. The molecule has 0 atom stereocenters. The molecule has 1 fully saturated rings. The number of carbonyl (C=O) groups excluding carboxylic acids is 1. The quantitative estimate of drug-likeness (QED) is 0.723. The number of amides is 1. The Morgan fingerprint density at radius 3 is 2.36 bits per heavy atom. The van der Waals surface area contributed by atoms with E-state index in [0.717, 1.165) is 25.9 Å². The molecular weight excluding hydrogens is 176 g/mol. The van der Waals surface area contributed by atoms with Gasteiger partial charge in [-0.1, -0.05) is 5.57 Å². The molecule has 1 heterocycles. The van der Waals surface area contributed by atoms with Crippen molar-refractivity contribution >= 4 is 5.91 Å². The Morgan fingerprint density at radius 2 is 1.93 bits per heavy atom. The van der Waals surface area contributed by atoms with Crippen molar-refractivity contribution in [3.8, 4) is 0 Å². The van der Waals surface area contributed by atoms with Gasteiger partial charge in [0.05, 0.1) is 0 Å². The lowest BCUT2D eigenvalue weighted by Gasteiger charge is -2.30. The molecule has 0 radical (unpaired) electrons. The molecule has 0 aromatic rings. The Hall–Kier alpha value is -0.990. The van der Waals surface area contributed by atoms with Crippen molar-refractivity contribution in [2.45, 2.75) is 26.7 Å². The van der Waals surface area contributed by atoms with E-state index in [2.05, 4.69) is 30.3 Å². The Kier molecular flexibility index (Phi) is 3.98. The number of nitrogens with one attached hydrogen (secondary N) is 1. The van der Waals surface area contributed by atoms with Crippen molar-refractivity contribution in [3.05, 3.63) is 11.8 Å². The molecule has 1 saturated heterocycles. The molecule has 0 spiro atoms. The Bertz CT molecular complexity index is 223. The minimum atomic E-state index is 0.196. The summed E-state index contributed by atoms with van der Waals surface area (Å²) < 4.78 is 0. The van der Waals surface area contributed by atoms with E-state index in [4.69, 9.17) is 0 Å². The SMILES string of the molecule is CNC(=O)C1CCN(C=C(C)C)CC1. The summed E-state index contributed by atoms with van der Waals surface area (Å²) in [5.74, 6) is 0.420. The number of likely N-dealkylation sites (tertiary alicyclic amines) is 1. The van der Waals surface area contributed by atoms with E-state index in [-0.39, 0.29) is 11.8 Å². The van der Waals surface area contributed by atoms with Gasteiger partial charge in [0.2, 0.25) is 5.91 Å². The van der Waals surface area contributed by atoms with Crippen LogP contribution in [0.2, 0.25) is 0 Å². The normalized spacial score (nSPS) is 17.8. The summed E-state index contributed by atoms with van der Waals surface area (Å²) in [6.45, 7) is 6.21. The molecule has 0 aliphatic carbocycles. The van der Waals surface area contributed by atoms with E-state index < -0.39 is 0 Å². The molecule has 0 aromatic heterocycles. The highest BCUT2D eigenvalue weighted by molar-refractivity contribution is 5.78. The first-order valence-corrected chi connectivity index (χ1v) is 5.24. The molecule has 0 aromatic carbocycles. The standard InChI is InChI=1S/C11H20N2O/c1-9(2)8-13-6-4-10(5-7-13)11(14)12-3/h8,10H,4-7H2,1-3H3,(H,12,14). The van der Waals surface area contributed by atoms with E-state index in [0.29, 0.717) is 0 Å². The van der Waals surface area contributed by atoms with Gasteiger partial charge in [-0.25, -0.2) is 0 Å². The van der Waals surface area contributed by atoms with Crippen LogP contribution in [0.5, 0.6) is 0 Å². The van der Waals surface area contributed by atoms with Crippen LogP contribution in [-0.2, 0) is 4.79 Å². The van der Waals surface area contributed by atoms with Crippen LogP contribution in [0.15, 0.2) is 11.8 Å². The van der Waals surface area contributed by atoms with Crippen LogP contribution >= 0.6 is 0 Å². The molecule has 1 aliphatic rings. The maximum atomic E-state index is 11.4. The zero-order valence-electron chi connectivity index (χ0n) is 9.34. The van der Waals surface area contributed by atoms with E-state index in [1.165, 1.54) is 5.57 Å². The lowest BCUT2D eigenvalue weighted by atomic mass is 9.96.